The van der Waals surface area contributed by atoms with E-state index < -0.39 is 28.6 Å². The molecule has 1 heterocycles. The molecule has 0 bridgehead atoms. The number of pyridine rings is 1. The largest absolute Gasteiger partial charge is 0.499 e. The highest BCUT2D eigenvalue weighted by molar-refractivity contribution is 6.24. The molecule has 152 valence electrons. The molecule has 0 aromatic carbocycles. The minimum absolute atomic E-state index is 0.197. The molecule has 0 saturated heterocycles. The lowest BCUT2D eigenvalue weighted by molar-refractivity contribution is -0.141. The number of primary amides is 1. The molecule has 28 heavy (non-hydrogen) atoms. The number of nitrogens with zero attached hydrogens (tertiary/aromatic N) is 1. The van der Waals surface area contributed by atoms with Crippen molar-refractivity contribution in [3.05, 3.63) is 53.6 Å². The molecule has 3 rings (SSSR count). The average Bonchev–Trinajstić information content (AvgIpc) is 3.46. The summed E-state index contributed by atoms with van der Waals surface area (Å²) in [5, 5.41) is -0.788. The van der Waals surface area contributed by atoms with Crippen LogP contribution in [0.1, 0.15) is 42.9 Å². The van der Waals surface area contributed by atoms with Gasteiger partial charge in [-0.15, -0.1) is 11.6 Å². The third-order valence-electron chi connectivity index (χ3n) is 5.50. The van der Waals surface area contributed by atoms with Gasteiger partial charge in [-0.05, 0) is 42.4 Å². The molecule has 0 aliphatic heterocycles. The monoisotopic (exact) mass is 414 g/mol. The molecular formula is C20H22ClF3N2O2. The molecule has 0 spiro atoms. The normalized spacial score (nSPS) is 25.9. The summed E-state index contributed by atoms with van der Waals surface area (Å²) in [5.41, 5.74) is 4.25. The van der Waals surface area contributed by atoms with E-state index in [0.29, 0.717) is 17.2 Å². The first-order valence-electron chi connectivity index (χ1n) is 9.08. The van der Waals surface area contributed by atoms with E-state index in [-0.39, 0.29) is 12.3 Å². The minimum Gasteiger partial charge on any atom is -0.499 e. The molecule has 3 unspecified atom stereocenters. The number of rotatable bonds is 7. The molecule has 0 radical (unpaired) electrons. The lowest BCUT2D eigenvalue weighted by Crippen LogP contribution is -2.46. The SMILES string of the molecule is COC1=CC=CC(CC(CC2CC2)c2ccc(C(F)(F)F)nc2)(C(N)=O)C1Cl. The van der Waals surface area contributed by atoms with Gasteiger partial charge in [0.05, 0.1) is 12.5 Å². The van der Waals surface area contributed by atoms with E-state index >= 15 is 0 Å². The number of hydrogen-bond acceptors (Lipinski definition) is 3. The van der Waals surface area contributed by atoms with Crippen molar-refractivity contribution in [3.8, 4) is 0 Å². The maximum atomic E-state index is 12.8. The number of hydrogen-bond donors (Lipinski definition) is 1. The maximum absolute atomic E-state index is 12.8. The van der Waals surface area contributed by atoms with E-state index in [1.165, 1.54) is 19.4 Å². The van der Waals surface area contributed by atoms with Crippen LogP contribution in [0.3, 0.4) is 0 Å². The van der Waals surface area contributed by atoms with E-state index in [2.05, 4.69) is 4.98 Å². The van der Waals surface area contributed by atoms with Gasteiger partial charge in [-0.3, -0.25) is 9.78 Å². The van der Waals surface area contributed by atoms with Gasteiger partial charge < -0.3 is 10.5 Å². The highest BCUT2D eigenvalue weighted by atomic mass is 35.5. The number of amides is 1. The van der Waals surface area contributed by atoms with Gasteiger partial charge in [0.1, 0.15) is 16.8 Å². The summed E-state index contributed by atoms with van der Waals surface area (Å²) in [4.78, 5) is 16.0. The first-order chi connectivity index (χ1) is 13.2. The number of halogens is 4. The Balaban J connectivity index is 1.92. The molecule has 1 aromatic rings. The summed E-state index contributed by atoms with van der Waals surface area (Å²) in [7, 11) is 1.47. The van der Waals surface area contributed by atoms with Crippen LogP contribution < -0.4 is 5.73 Å². The van der Waals surface area contributed by atoms with Gasteiger partial charge in [-0.25, -0.2) is 0 Å². The van der Waals surface area contributed by atoms with Gasteiger partial charge in [0.25, 0.3) is 0 Å². The number of nitrogens with two attached hydrogens (primary N) is 1. The van der Waals surface area contributed by atoms with E-state index in [0.717, 1.165) is 25.3 Å². The molecule has 2 aliphatic rings. The first kappa shape index (κ1) is 20.7. The summed E-state index contributed by atoms with van der Waals surface area (Å²) >= 11 is 6.56. The molecule has 4 nitrogen and oxygen atoms in total. The van der Waals surface area contributed by atoms with Crippen LogP contribution in [0, 0.1) is 11.3 Å². The zero-order chi connectivity index (χ0) is 20.5. The Morgan fingerprint density at radius 1 is 1.43 bits per heavy atom. The van der Waals surface area contributed by atoms with Gasteiger partial charge in [0.15, 0.2) is 0 Å². The summed E-state index contributed by atoms with van der Waals surface area (Å²) in [6.45, 7) is 0. The minimum atomic E-state index is -4.50. The highest BCUT2D eigenvalue weighted by Gasteiger charge is 2.47. The highest BCUT2D eigenvalue weighted by Crippen LogP contribution is 2.48. The fourth-order valence-electron chi connectivity index (χ4n) is 3.70. The van der Waals surface area contributed by atoms with Gasteiger partial charge in [-0.1, -0.05) is 31.1 Å². The Labute approximate surface area is 166 Å². The van der Waals surface area contributed by atoms with Crippen LogP contribution >= 0.6 is 11.6 Å². The Bertz CT molecular complexity index is 788. The smallest absolute Gasteiger partial charge is 0.433 e. The van der Waals surface area contributed by atoms with Crippen LogP contribution in [0.4, 0.5) is 13.2 Å². The zero-order valence-electron chi connectivity index (χ0n) is 15.4. The zero-order valence-corrected chi connectivity index (χ0v) is 16.1. The number of ether oxygens (including phenoxy) is 1. The lowest BCUT2D eigenvalue weighted by atomic mass is 9.70. The number of aromatic nitrogens is 1. The van der Waals surface area contributed by atoms with Gasteiger partial charge in [0.2, 0.25) is 5.91 Å². The third kappa shape index (κ3) is 4.19. The predicted octanol–water partition coefficient (Wildman–Crippen LogP) is 4.55. The third-order valence-corrected chi connectivity index (χ3v) is 6.10. The molecule has 3 atom stereocenters. The van der Waals surface area contributed by atoms with Crippen molar-refractivity contribution in [2.45, 2.75) is 43.2 Å². The second kappa shape index (κ2) is 7.78. The van der Waals surface area contributed by atoms with Crippen LogP contribution in [0.5, 0.6) is 0 Å². The molecule has 1 saturated carbocycles. The summed E-state index contributed by atoms with van der Waals surface area (Å²) in [6, 6.07) is 2.40. The Hall–Kier alpha value is -2.02. The van der Waals surface area contributed by atoms with Crippen LogP contribution in [0.15, 0.2) is 42.3 Å². The van der Waals surface area contributed by atoms with Crippen molar-refractivity contribution in [2.24, 2.45) is 17.1 Å². The molecule has 1 amide bonds. The van der Waals surface area contributed by atoms with Crippen molar-refractivity contribution in [2.75, 3.05) is 7.11 Å². The average molecular weight is 415 g/mol. The van der Waals surface area contributed by atoms with E-state index in [4.69, 9.17) is 22.1 Å². The lowest BCUT2D eigenvalue weighted by Gasteiger charge is -2.37. The second-order valence-electron chi connectivity index (χ2n) is 7.45. The predicted molar refractivity (Wildman–Crippen MR) is 99.4 cm³/mol. The molecular weight excluding hydrogens is 393 g/mol. The maximum Gasteiger partial charge on any atom is 0.433 e. The second-order valence-corrected chi connectivity index (χ2v) is 7.89. The number of alkyl halides is 4. The van der Waals surface area contributed by atoms with Crippen molar-refractivity contribution in [1.29, 1.82) is 0 Å². The number of methoxy groups -OCH3 is 1. The summed E-state index contributed by atoms with van der Waals surface area (Å²) in [5.74, 6) is 0.124. The van der Waals surface area contributed by atoms with Gasteiger partial charge >= 0.3 is 6.18 Å². The molecule has 1 fully saturated rings. The van der Waals surface area contributed by atoms with Crippen molar-refractivity contribution < 1.29 is 22.7 Å². The van der Waals surface area contributed by atoms with Gasteiger partial charge in [-0.2, -0.15) is 13.2 Å². The van der Waals surface area contributed by atoms with Crippen LogP contribution in [-0.2, 0) is 15.7 Å². The van der Waals surface area contributed by atoms with Crippen molar-refractivity contribution in [3.63, 3.8) is 0 Å². The quantitative estimate of drug-likeness (QED) is 0.665. The van der Waals surface area contributed by atoms with E-state index in [1.807, 2.05) is 0 Å². The van der Waals surface area contributed by atoms with Crippen molar-refractivity contribution >= 4 is 17.5 Å². The standard InChI is InChI=1S/C20H22ClF3N2O2/c1-28-15-3-2-8-19(17(15)21,18(25)27)10-14(9-12-4-5-12)13-6-7-16(26-11-13)20(22,23)24/h2-3,6-8,11-12,14,17H,4-5,9-10H2,1H3,(H2,25,27). The summed E-state index contributed by atoms with van der Waals surface area (Å²) < 4.78 is 43.8. The number of carbonyl (C=O) groups excluding carboxylic acids is 1. The Kier molecular flexibility index (Phi) is 5.75. The van der Waals surface area contributed by atoms with Crippen LogP contribution in [-0.4, -0.2) is 23.4 Å². The summed E-state index contributed by atoms with van der Waals surface area (Å²) in [6.07, 6.45) is 4.93. The topological polar surface area (TPSA) is 65.2 Å². The fraction of sp³-hybridized carbons (Fsp3) is 0.500. The Morgan fingerprint density at radius 2 is 2.14 bits per heavy atom. The van der Waals surface area contributed by atoms with Crippen LogP contribution in [0.25, 0.3) is 0 Å². The van der Waals surface area contributed by atoms with Crippen LogP contribution in [0.2, 0.25) is 0 Å². The van der Waals surface area contributed by atoms with Crippen molar-refractivity contribution in [1.82, 2.24) is 4.98 Å². The Morgan fingerprint density at radius 3 is 2.64 bits per heavy atom. The fourth-order valence-corrected chi connectivity index (χ4v) is 4.13. The molecule has 8 heteroatoms. The molecule has 2 aliphatic carbocycles. The molecule has 2 N–H and O–H groups in total. The van der Waals surface area contributed by atoms with Gasteiger partial charge in [0, 0.05) is 6.20 Å². The van der Waals surface area contributed by atoms with E-state index in [1.54, 1.807) is 18.2 Å². The number of carbonyl (C=O) groups is 1. The molecule has 1 aromatic heterocycles. The first-order valence-corrected chi connectivity index (χ1v) is 9.51. The number of allylic oxidation sites excluding steroid dienone is 3. The van der Waals surface area contributed by atoms with E-state index in [9.17, 15) is 18.0 Å².